The van der Waals surface area contributed by atoms with Crippen molar-refractivity contribution < 1.29 is 9.53 Å². The molecule has 1 amide bonds. The minimum atomic E-state index is -0.176. The first-order valence-electron chi connectivity index (χ1n) is 9.15. The van der Waals surface area contributed by atoms with E-state index in [1.807, 2.05) is 41.8 Å². The highest BCUT2D eigenvalue weighted by Gasteiger charge is 2.16. The summed E-state index contributed by atoms with van der Waals surface area (Å²) in [6.45, 7) is 3.39. The number of aromatic nitrogens is 2. The number of hydrogen-bond acceptors (Lipinski definition) is 4. The van der Waals surface area contributed by atoms with E-state index in [9.17, 15) is 4.79 Å². The molecule has 2 aromatic heterocycles. The Morgan fingerprint density at radius 2 is 2.04 bits per heavy atom. The zero-order valence-corrected chi connectivity index (χ0v) is 16.6. The molecule has 2 aromatic carbocycles. The second kappa shape index (κ2) is 7.86. The Labute approximate surface area is 167 Å². The Morgan fingerprint density at radius 3 is 2.86 bits per heavy atom. The van der Waals surface area contributed by atoms with Crippen LogP contribution in [-0.2, 0) is 13.1 Å². The van der Waals surface area contributed by atoms with E-state index in [4.69, 9.17) is 4.74 Å². The van der Waals surface area contributed by atoms with Crippen LogP contribution in [0, 0.1) is 0 Å². The molecule has 0 saturated heterocycles. The quantitative estimate of drug-likeness (QED) is 0.517. The number of methoxy groups -OCH3 is 1. The van der Waals surface area contributed by atoms with Gasteiger partial charge >= 0.3 is 0 Å². The molecular formula is C22H21N3O2S. The van der Waals surface area contributed by atoms with Crippen LogP contribution in [0.25, 0.3) is 21.6 Å². The first-order chi connectivity index (χ1) is 13.7. The van der Waals surface area contributed by atoms with E-state index in [1.165, 1.54) is 22.2 Å². The number of amides is 1. The third kappa shape index (κ3) is 3.51. The predicted octanol–water partition coefficient (Wildman–Crippen LogP) is 4.72. The minimum absolute atomic E-state index is 0.176. The summed E-state index contributed by atoms with van der Waals surface area (Å²) in [6.07, 6.45) is 0. The number of ether oxygens (including phenoxy) is 1. The van der Waals surface area contributed by atoms with Gasteiger partial charge in [-0.1, -0.05) is 30.3 Å². The van der Waals surface area contributed by atoms with Crippen molar-refractivity contribution in [3.63, 3.8) is 0 Å². The molecule has 142 valence electrons. The normalized spacial score (nSPS) is 10.9. The molecule has 2 heterocycles. The molecule has 0 saturated carbocycles. The highest BCUT2D eigenvalue weighted by Crippen LogP contribution is 2.30. The maximum Gasteiger partial charge on any atom is 0.271 e. The monoisotopic (exact) mass is 391 g/mol. The number of nitrogens with one attached hydrogen (secondary N) is 1. The third-order valence-electron chi connectivity index (χ3n) is 4.67. The molecule has 0 aliphatic carbocycles. The summed E-state index contributed by atoms with van der Waals surface area (Å²) in [6, 6.07) is 18.1. The topological polar surface area (TPSA) is 56.2 Å². The van der Waals surface area contributed by atoms with Crippen LogP contribution < -0.4 is 10.1 Å². The lowest BCUT2D eigenvalue weighted by atomic mass is 10.2. The second-order valence-corrected chi connectivity index (χ2v) is 7.26. The van der Waals surface area contributed by atoms with E-state index in [2.05, 4.69) is 40.0 Å². The number of carbonyl (C=O) groups is 1. The molecule has 0 unspecified atom stereocenters. The molecule has 0 aliphatic rings. The summed E-state index contributed by atoms with van der Waals surface area (Å²) in [4.78, 5) is 17.1. The second-order valence-electron chi connectivity index (χ2n) is 6.40. The Balaban J connectivity index is 1.53. The summed E-state index contributed by atoms with van der Waals surface area (Å²) in [5.74, 6) is 0.597. The molecule has 0 spiro atoms. The van der Waals surface area contributed by atoms with Crippen molar-refractivity contribution >= 4 is 28.1 Å². The van der Waals surface area contributed by atoms with Gasteiger partial charge in [0, 0.05) is 29.4 Å². The van der Waals surface area contributed by atoms with Gasteiger partial charge in [-0.3, -0.25) is 4.79 Å². The smallest absolute Gasteiger partial charge is 0.271 e. The number of rotatable bonds is 6. The fourth-order valence-corrected chi connectivity index (χ4v) is 4.10. The SMILES string of the molecule is CCn1c(-c2nc(C(=O)NCc3cccc(OC)c3)cs2)cc2ccccc21. The van der Waals surface area contributed by atoms with Gasteiger partial charge in [0.2, 0.25) is 0 Å². The number of fused-ring (bicyclic) bond motifs is 1. The molecule has 0 bridgehead atoms. The Bertz CT molecular complexity index is 1130. The van der Waals surface area contributed by atoms with Gasteiger partial charge in [0.25, 0.3) is 5.91 Å². The molecule has 0 fully saturated rings. The highest BCUT2D eigenvalue weighted by molar-refractivity contribution is 7.13. The Morgan fingerprint density at radius 1 is 1.18 bits per heavy atom. The first kappa shape index (κ1) is 18.3. The minimum Gasteiger partial charge on any atom is -0.497 e. The molecule has 0 radical (unpaired) electrons. The summed E-state index contributed by atoms with van der Waals surface area (Å²) in [7, 11) is 1.63. The van der Waals surface area contributed by atoms with Crippen molar-refractivity contribution in [3.05, 3.63) is 71.2 Å². The molecule has 6 heteroatoms. The van der Waals surface area contributed by atoms with E-state index in [1.54, 1.807) is 7.11 Å². The van der Waals surface area contributed by atoms with E-state index in [0.29, 0.717) is 12.2 Å². The zero-order chi connectivity index (χ0) is 19.5. The first-order valence-corrected chi connectivity index (χ1v) is 10.0. The number of nitrogens with zero attached hydrogens (tertiary/aromatic N) is 2. The lowest BCUT2D eigenvalue weighted by molar-refractivity contribution is 0.0946. The van der Waals surface area contributed by atoms with Crippen LogP contribution >= 0.6 is 11.3 Å². The van der Waals surface area contributed by atoms with E-state index < -0.39 is 0 Å². The summed E-state index contributed by atoms with van der Waals surface area (Å²) in [5.41, 5.74) is 3.64. The van der Waals surface area contributed by atoms with Crippen LogP contribution in [0.3, 0.4) is 0 Å². The van der Waals surface area contributed by atoms with Crippen molar-refractivity contribution in [3.8, 4) is 16.5 Å². The van der Waals surface area contributed by atoms with Gasteiger partial charge < -0.3 is 14.6 Å². The van der Waals surface area contributed by atoms with Crippen LogP contribution in [0.15, 0.2) is 60.0 Å². The van der Waals surface area contributed by atoms with Crippen molar-refractivity contribution in [2.75, 3.05) is 7.11 Å². The average molecular weight is 391 g/mol. The largest absolute Gasteiger partial charge is 0.497 e. The molecule has 5 nitrogen and oxygen atoms in total. The number of thiazole rings is 1. The summed E-state index contributed by atoms with van der Waals surface area (Å²) in [5, 5.41) is 6.77. The van der Waals surface area contributed by atoms with E-state index >= 15 is 0 Å². The number of benzene rings is 2. The van der Waals surface area contributed by atoms with Crippen LogP contribution in [0.4, 0.5) is 0 Å². The molecule has 28 heavy (non-hydrogen) atoms. The summed E-state index contributed by atoms with van der Waals surface area (Å²) < 4.78 is 7.45. The lowest BCUT2D eigenvalue weighted by Gasteiger charge is -2.06. The number of para-hydroxylation sites is 1. The third-order valence-corrected chi connectivity index (χ3v) is 5.53. The summed E-state index contributed by atoms with van der Waals surface area (Å²) >= 11 is 1.49. The fraction of sp³-hybridized carbons (Fsp3) is 0.182. The van der Waals surface area contributed by atoms with Crippen LogP contribution in [-0.4, -0.2) is 22.6 Å². The van der Waals surface area contributed by atoms with E-state index in [0.717, 1.165) is 28.6 Å². The Hall–Kier alpha value is -3.12. The Kier molecular flexibility index (Phi) is 5.12. The van der Waals surface area contributed by atoms with Crippen molar-refractivity contribution in [2.45, 2.75) is 20.0 Å². The van der Waals surface area contributed by atoms with Gasteiger partial charge in [0.1, 0.15) is 16.5 Å². The number of aryl methyl sites for hydroxylation is 1. The van der Waals surface area contributed by atoms with Gasteiger partial charge in [-0.15, -0.1) is 11.3 Å². The van der Waals surface area contributed by atoms with Crippen LogP contribution in [0.1, 0.15) is 23.0 Å². The maximum absolute atomic E-state index is 12.5. The van der Waals surface area contributed by atoms with E-state index in [-0.39, 0.29) is 5.91 Å². The molecule has 1 N–H and O–H groups in total. The predicted molar refractivity (Wildman–Crippen MR) is 113 cm³/mol. The lowest BCUT2D eigenvalue weighted by Crippen LogP contribution is -2.23. The number of hydrogen-bond donors (Lipinski definition) is 1. The van der Waals surface area contributed by atoms with Gasteiger partial charge in [0.05, 0.1) is 12.8 Å². The van der Waals surface area contributed by atoms with Crippen LogP contribution in [0.5, 0.6) is 5.75 Å². The van der Waals surface area contributed by atoms with Gasteiger partial charge in [0.15, 0.2) is 0 Å². The zero-order valence-electron chi connectivity index (χ0n) is 15.8. The van der Waals surface area contributed by atoms with Gasteiger partial charge in [-0.05, 0) is 36.8 Å². The maximum atomic E-state index is 12.5. The molecule has 4 aromatic rings. The van der Waals surface area contributed by atoms with Crippen LogP contribution in [0.2, 0.25) is 0 Å². The van der Waals surface area contributed by atoms with Crippen molar-refractivity contribution in [1.29, 1.82) is 0 Å². The molecule has 0 atom stereocenters. The number of carbonyl (C=O) groups excluding carboxylic acids is 1. The van der Waals surface area contributed by atoms with Gasteiger partial charge in [-0.2, -0.15) is 0 Å². The van der Waals surface area contributed by atoms with Crippen molar-refractivity contribution in [1.82, 2.24) is 14.9 Å². The highest BCUT2D eigenvalue weighted by atomic mass is 32.1. The standard InChI is InChI=1S/C22H21N3O2S/c1-3-25-19-10-5-4-8-16(19)12-20(25)22-24-18(14-28-22)21(26)23-13-15-7-6-9-17(11-15)27-2/h4-12,14H,3,13H2,1-2H3,(H,23,26). The average Bonchev–Trinajstić information content (AvgIpc) is 3.36. The molecular weight excluding hydrogens is 370 g/mol. The van der Waals surface area contributed by atoms with Crippen molar-refractivity contribution in [2.24, 2.45) is 0 Å². The van der Waals surface area contributed by atoms with Gasteiger partial charge in [-0.25, -0.2) is 4.98 Å². The molecule has 4 rings (SSSR count). The fourth-order valence-electron chi connectivity index (χ4n) is 3.28. The molecule has 0 aliphatic heterocycles.